The number of benzene rings is 2. The summed E-state index contributed by atoms with van der Waals surface area (Å²) in [6.45, 7) is 3.07. The Labute approximate surface area is 237 Å². The van der Waals surface area contributed by atoms with Gasteiger partial charge in [-0.05, 0) is 73.2 Å². The van der Waals surface area contributed by atoms with Gasteiger partial charge in [0.05, 0.1) is 6.54 Å². The Morgan fingerprint density at radius 1 is 1.00 bits per heavy atom. The molecule has 2 unspecified atom stereocenters. The minimum absolute atomic E-state index is 0.138. The highest BCUT2D eigenvalue weighted by Crippen LogP contribution is 2.35. The van der Waals surface area contributed by atoms with E-state index < -0.39 is 18.1 Å². The van der Waals surface area contributed by atoms with Crippen LogP contribution in [-0.4, -0.2) is 52.8 Å². The first kappa shape index (κ1) is 27.3. The third kappa shape index (κ3) is 5.81. The summed E-state index contributed by atoms with van der Waals surface area (Å²) in [6, 6.07) is 12.9. The van der Waals surface area contributed by atoms with Crippen LogP contribution in [0.3, 0.4) is 0 Å². The number of hydrogen-bond acceptors (Lipinski definition) is 5. The van der Waals surface area contributed by atoms with Gasteiger partial charge in [0.1, 0.15) is 30.4 Å². The van der Waals surface area contributed by atoms with Gasteiger partial charge in [-0.15, -0.1) is 0 Å². The molecule has 6 rings (SSSR count). The topological polar surface area (TPSA) is 79.0 Å². The summed E-state index contributed by atoms with van der Waals surface area (Å²) in [5.74, 6) is -0.529. The lowest BCUT2D eigenvalue weighted by Gasteiger charge is -2.33. The second kappa shape index (κ2) is 11.6. The summed E-state index contributed by atoms with van der Waals surface area (Å²) in [4.78, 5) is 40.9. The largest absolute Gasteiger partial charge is 0.489 e. The number of allylic oxidation sites excluding steroid dienone is 4. The molecule has 0 bridgehead atoms. The smallest absolute Gasteiger partial charge is 0.255 e. The van der Waals surface area contributed by atoms with Crippen molar-refractivity contribution in [1.82, 2.24) is 15.1 Å². The molecule has 4 aliphatic rings. The molecule has 1 N–H and O–H groups in total. The average molecular weight is 562 g/mol. The zero-order chi connectivity index (χ0) is 28.5. The average Bonchev–Trinajstić information content (AvgIpc) is 3.29. The van der Waals surface area contributed by atoms with E-state index in [0.717, 1.165) is 49.2 Å². The van der Waals surface area contributed by atoms with E-state index in [-0.39, 0.29) is 42.9 Å². The molecular formula is C32H33F2N3O4. The van der Waals surface area contributed by atoms with Crippen LogP contribution in [0.2, 0.25) is 0 Å². The second-order valence-corrected chi connectivity index (χ2v) is 11.3. The van der Waals surface area contributed by atoms with Crippen molar-refractivity contribution >= 4 is 17.7 Å². The third-order valence-corrected chi connectivity index (χ3v) is 8.53. The molecule has 1 aliphatic carbocycles. The number of hydrogen-bond donors (Lipinski definition) is 1. The zero-order valence-corrected chi connectivity index (χ0v) is 22.8. The fourth-order valence-electron chi connectivity index (χ4n) is 6.34. The molecule has 0 radical (unpaired) electrons. The lowest BCUT2D eigenvalue weighted by atomic mass is 9.85. The number of alkyl halides is 1. The van der Waals surface area contributed by atoms with E-state index in [9.17, 15) is 23.2 Å². The second-order valence-electron chi connectivity index (χ2n) is 11.3. The summed E-state index contributed by atoms with van der Waals surface area (Å²) in [7, 11) is 0. The standard InChI is InChI=1S/C32H33F2N3O4/c33-23-7-8-24(27(34)16-23)22-11-13-36(14-12-22)17-20-3-1-4-21(15-20)19-41-29-6-2-5-25-26(29)18-37(32(25)40)28-9-10-30(38)35-31(28)39/h1-8,15,22-23,28H,9-14,16-19H2,(H,35,38,39). The van der Waals surface area contributed by atoms with E-state index in [1.807, 2.05) is 18.2 Å². The molecule has 2 aromatic carbocycles. The Morgan fingerprint density at radius 2 is 1.78 bits per heavy atom. The number of nitrogens with one attached hydrogen (secondary N) is 1. The molecule has 0 aromatic heterocycles. The highest BCUT2D eigenvalue weighted by atomic mass is 19.1. The van der Waals surface area contributed by atoms with Crippen LogP contribution < -0.4 is 10.1 Å². The van der Waals surface area contributed by atoms with Gasteiger partial charge in [0.2, 0.25) is 11.8 Å². The number of fused-ring (bicyclic) bond motifs is 1. The predicted molar refractivity (Wildman–Crippen MR) is 148 cm³/mol. The number of rotatable bonds is 7. The summed E-state index contributed by atoms with van der Waals surface area (Å²) < 4.78 is 33.9. The Hall–Kier alpha value is -3.85. The Balaban J connectivity index is 1.05. The molecule has 7 nitrogen and oxygen atoms in total. The SMILES string of the molecule is O=C1CCC(N2Cc3c(OCc4cccc(CN5CCC(C6=C(F)CC(F)C=C6)CC5)c4)cccc3C2=O)C(=O)N1. The first-order valence-corrected chi connectivity index (χ1v) is 14.3. The highest BCUT2D eigenvalue weighted by Gasteiger charge is 2.40. The maximum atomic E-state index is 14.3. The monoisotopic (exact) mass is 561 g/mol. The van der Waals surface area contributed by atoms with Gasteiger partial charge in [-0.1, -0.05) is 36.4 Å². The number of ether oxygens (including phenoxy) is 1. The van der Waals surface area contributed by atoms with Crippen molar-refractivity contribution in [2.75, 3.05) is 13.1 Å². The first-order chi connectivity index (χ1) is 19.9. The molecule has 3 amide bonds. The van der Waals surface area contributed by atoms with Crippen molar-refractivity contribution in [2.24, 2.45) is 5.92 Å². The molecule has 2 saturated heterocycles. The van der Waals surface area contributed by atoms with Crippen molar-refractivity contribution in [3.05, 3.63) is 88.3 Å². The van der Waals surface area contributed by atoms with Crippen molar-refractivity contribution in [1.29, 1.82) is 0 Å². The minimum atomic E-state index is -1.21. The summed E-state index contributed by atoms with van der Waals surface area (Å²) in [6.07, 6.45) is 3.97. The number of amides is 3. The number of likely N-dealkylation sites (tertiary alicyclic amines) is 1. The molecule has 3 heterocycles. The van der Waals surface area contributed by atoms with Crippen molar-refractivity contribution in [2.45, 2.75) is 64.0 Å². The number of imide groups is 1. The van der Waals surface area contributed by atoms with E-state index in [0.29, 0.717) is 29.9 Å². The fourth-order valence-corrected chi connectivity index (χ4v) is 6.34. The van der Waals surface area contributed by atoms with Crippen molar-refractivity contribution in [3.8, 4) is 5.75 Å². The molecule has 2 atom stereocenters. The van der Waals surface area contributed by atoms with Crippen LogP contribution in [0.25, 0.3) is 0 Å². The molecular weight excluding hydrogens is 528 g/mol. The van der Waals surface area contributed by atoms with E-state index in [4.69, 9.17) is 4.74 Å². The fraction of sp³-hybridized carbons (Fsp3) is 0.406. The van der Waals surface area contributed by atoms with E-state index in [2.05, 4.69) is 22.3 Å². The van der Waals surface area contributed by atoms with Gasteiger partial charge in [-0.3, -0.25) is 24.6 Å². The molecule has 0 saturated carbocycles. The number of halogens is 2. The van der Waals surface area contributed by atoms with Crippen LogP contribution in [0.5, 0.6) is 5.75 Å². The van der Waals surface area contributed by atoms with Crippen LogP contribution in [0.4, 0.5) is 8.78 Å². The van der Waals surface area contributed by atoms with Crippen LogP contribution in [0.1, 0.15) is 59.2 Å². The van der Waals surface area contributed by atoms with Gasteiger partial charge >= 0.3 is 0 Å². The van der Waals surface area contributed by atoms with E-state index in [1.165, 1.54) is 11.0 Å². The Morgan fingerprint density at radius 3 is 2.56 bits per heavy atom. The number of nitrogens with zero attached hydrogens (tertiary/aromatic N) is 2. The molecule has 214 valence electrons. The van der Waals surface area contributed by atoms with Crippen molar-refractivity contribution < 1.29 is 27.9 Å². The van der Waals surface area contributed by atoms with Gasteiger partial charge in [0.25, 0.3) is 5.91 Å². The Kier molecular flexibility index (Phi) is 7.71. The summed E-state index contributed by atoms with van der Waals surface area (Å²) in [5, 5.41) is 2.33. The van der Waals surface area contributed by atoms with Gasteiger partial charge in [-0.25, -0.2) is 8.78 Å². The van der Waals surface area contributed by atoms with Gasteiger partial charge in [-0.2, -0.15) is 0 Å². The van der Waals surface area contributed by atoms with Crippen LogP contribution in [0.15, 0.2) is 66.0 Å². The molecule has 2 aromatic rings. The summed E-state index contributed by atoms with van der Waals surface area (Å²) in [5.41, 5.74) is 4.11. The van der Waals surface area contributed by atoms with Gasteiger partial charge in [0.15, 0.2) is 0 Å². The maximum absolute atomic E-state index is 14.3. The Bertz CT molecular complexity index is 1430. The summed E-state index contributed by atoms with van der Waals surface area (Å²) >= 11 is 0. The number of piperidine rings is 2. The lowest BCUT2D eigenvalue weighted by Crippen LogP contribution is -2.52. The third-order valence-electron chi connectivity index (χ3n) is 8.53. The molecule has 3 aliphatic heterocycles. The highest BCUT2D eigenvalue weighted by molar-refractivity contribution is 6.05. The molecule has 2 fully saturated rings. The number of carbonyl (C=O) groups excluding carboxylic acids is 3. The van der Waals surface area contributed by atoms with Gasteiger partial charge in [0, 0.05) is 30.5 Å². The van der Waals surface area contributed by atoms with Gasteiger partial charge < -0.3 is 9.64 Å². The first-order valence-electron chi connectivity index (χ1n) is 14.3. The quantitative estimate of drug-likeness (QED) is 0.494. The van der Waals surface area contributed by atoms with E-state index >= 15 is 0 Å². The minimum Gasteiger partial charge on any atom is -0.489 e. The zero-order valence-electron chi connectivity index (χ0n) is 22.8. The lowest BCUT2D eigenvalue weighted by molar-refractivity contribution is -0.136. The van der Waals surface area contributed by atoms with Crippen LogP contribution in [0, 0.1) is 5.92 Å². The normalized spacial score (nSPS) is 23.7. The van der Waals surface area contributed by atoms with Crippen molar-refractivity contribution in [3.63, 3.8) is 0 Å². The maximum Gasteiger partial charge on any atom is 0.255 e. The predicted octanol–water partition coefficient (Wildman–Crippen LogP) is 4.76. The molecule has 41 heavy (non-hydrogen) atoms. The van der Waals surface area contributed by atoms with Crippen LogP contribution in [-0.2, 0) is 29.3 Å². The number of carbonyl (C=O) groups is 3. The molecule has 0 spiro atoms. The molecule has 9 heteroatoms. The van der Waals surface area contributed by atoms with E-state index in [1.54, 1.807) is 18.2 Å². The van der Waals surface area contributed by atoms with Crippen LogP contribution >= 0.6 is 0 Å².